The average Bonchev–Trinajstić information content (AvgIpc) is 2.42. The molecule has 0 saturated heterocycles. The van der Waals surface area contributed by atoms with Gasteiger partial charge in [-0.2, -0.15) is 0 Å². The van der Waals surface area contributed by atoms with Crippen LogP contribution in [-0.2, 0) is 9.59 Å². The Hall–Kier alpha value is -1.10. The molecule has 5 nitrogen and oxygen atoms in total. The zero-order chi connectivity index (χ0) is 15.2. The van der Waals surface area contributed by atoms with Crippen LogP contribution in [0.4, 0.5) is 0 Å². The minimum Gasteiger partial charge on any atom is -0.479 e. The number of aliphatic hydroxyl groups excluding tert-OH is 1. The van der Waals surface area contributed by atoms with Gasteiger partial charge in [0, 0.05) is 6.42 Å². The van der Waals surface area contributed by atoms with Crippen LogP contribution in [0.15, 0.2) is 0 Å². The highest BCUT2D eigenvalue weighted by Crippen LogP contribution is 2.10. The summed E-state index contributed by atoms with van der Waals surface area (Å²) < 4.78 is 0. The Labute approximate surface area is 121 Å². The summed E-state index contributed by atoms with van der Waals surface area (Å²) >= 11 is 0. The highest BCUT2D eigenvalue weighted by molar-refractivity contribution is 5.77. The van der Waals surface area contributed by atoms with Crippen molar-refractivity contribution >= 4 is 11.9 Å². The van der Waals surface area contributed by atoms with Gasteiger partial charge in [-0.05, 0) is 6.42 Å². The molecule has 0 radical (unpaired) electrons. The van der Waals surface area contributed by atoms with E-state index in [-0.39, 0.29) is 12.5 Å². The van der Waals surface area contributed by atoms with Gasteiger partial charge in [-0.15, -0.1) is 0 Å². The number of rotatable bonds is 13. The quantitative estimate of drug-likeness (QED) is 0.454. The number of amides is 1. The fourth-order valence-corrected chi connectivity index (χ4v) is 1.98. The number of carboxylic acids is 1. The molecule has 1 atom stereocenters. The fourth-order valence-electron chi connectivity index (χ4n) is 1.98. The van der Waals surface area contributed by atoms with Gasteiger partial charge >= 0.3 is 5.97 Å². The van der Waals surface area contributed by atoms with Crippen LogP contribution in [0.25, 0.3) is 0 Å². The minimum absolute atomic E-state index is 0.187. The van der Waals surface area contributed by atoms with Gasteiger partial charge in [-0.1, -0.05) is 58.3 Å². The molecule has 0 aliphatic carbocycles. The van der Waals surface area contributed by atoms with E-state index in [1.807, 2.05) is 0 Å². The number of carbonyl (C=O) groups is 2. The van der Waals surface area contributed by atoms with Gasteiger partial charge in [0.25, 0.3) is 0 Å². The van der Waals surface area contributed by atoms with Crippen molar-refractivity contribution in [2.24, 2.45) is 0 Å². The van der Waals surface area contributed by atoms with Gasteiger partial charge < -0.3 is 15.5 Å². The van der Waals surface area contributed by atoms with Gasteiger partial charge in [0.1, 0.15) is 0 Å². The third-order valence-corrected chi connectivity index (χ3v) is 3.29. The number of hydrogen-bond donors (Lipinski definition) is 3. The second-order valence-corrected chi connectivity index (χ2v) is 5.24. The lowest BCUT2D eigenvalue weighted by Crippen LogP contribution is -2.36. The number of aliphatic hydroxyl groups is 1. The van der Waals surface area contributed by atoms with Crippen molar-refractivity contribution in [3.8, 4) is 0 Å². The van der Waals surface area contributed by atoms with Crippen LogP contribution in [0.5, 0.6) is 0 Å². The molecule has 0 heterocycles. The largest absolute Gasteiger partial charge is 0.479 e. The minimum atomic E-state index is -1.51. The van der Waals surface area contributed by atoms with E-state index in [1.165, 1.54) is 38.5 Å². The molecule has 0 rings (SSSR count). The van der Waals surface area contributed by atoms with Crippen molar-refractivity contribution in [3.05, 3.63) is 0 Å². The second kappa shape index (κ2) is 12.9. The number of unbranched alkanes of at least 4 members (excludes halogenated alkanes) is 8. The lowest BCUT2D eigenvalue weighted by Gasteiger charge is -2.07. The average molecular weight is 287 g/mol. The van der Waals surface area contributed by atoms with Crippen LogP contribution in [-0.4, -0.2) is 34.7 Å². The third-order valence-electron chi connectivity index (χ3n) is 3.29. The van der Waals surface area contributed by atoms with Crippen molar-refractivity contribution in [2.45, 2.75) is 77.2 Å². The van der Waals surface area contributed by atoms with Crippen LogP contribution in [0.3, 0.4) is 0 Å². The molecule has 0 aromatic rings. The van der Waals surface area contributed by atoms with E-state index in [0.717, 1.165) is 19.3 Å². The van der Waals surface area contributed by atoms with Crippen LogP contribution >= 0.6 is 0 Å². The number of hydrogen-bond acceptors (Lipinski definition) is 3. The predicted octanol–water partition coefficient (Wildman–Crippen LogP) is 2.47. The van der Waals surface area contributed by atoms with Gasteiger partial charge in [-0.25, -0.2) is 4.79 Å². The molecule has 0 aromatic carbocycles. The maximum Gasteiger partial charge on any atom is 0.334 e. The van der Waals surface area contributed by atoms with Crippen LogP contribution in [0, 0.1) is 0 Å². The Balaban J connectivity index is 3.29. The lowest BCUT2D eigenvalue weighted by molar-refractivity contribution is -0.146. The summed E-state index contributed by atoms with van der Waals surface area (Å²) in [7, 11) is 0. The number of nitrogens with one attached hydrogen (secondary N) is 1. The molecular weight excluding hydrogens is 258 g/mol. The number of aliphatic carboxylic acids is 1. The molecular formula is C15H29NO4. The molecule has 0 spiro atoms. The van der Waals surface area contributed by atoms with Gasteiger partial charge in [0.05, 0.1) is 6.54 Å². The van der Waals surface area contributed by atoms with Crippen molar-refractivity contribution in [1.82, 2.24) is 5.32 Å². The molecule has 0 aliphatic heterocycles. The molecule has 118 valence electrons. The maximum absolute atomic E-state index is 11.4. The van der Waals surface area contributed by atoms with Crippen molar-refractivity contribution < 1.29 is 19.8 Å². The molecule has 1 amide bonds. The summed E-state index contributed by atoms with van der Waals surface area (Å²) in [6.07, 6.45) is 9.62. The van der Waals surface area contributed by atoms with Gasteiger partial charge in [-0.3, -0.25) is 4.79 Å². The SMILES string of the molecule is CCCCCCCCCCCC(=O)NCC(O)C(=O)O. The van der Waals surface area contributed by atoms with E-state index in [2.05, 4.69) is 12.2 Å². The molecule has 0 saturated carbocycles. The summed E-state index contributed by atoms with van der Waals surface area (Å²) in [4.78, 5) is 21.7. The van der Waals surface area contributed by atoms with Crippen molar-refractivity contribution in [2.75, 3.05) is 6.54 Å². The first kappa shape index (κ1) is 18.9. The summed E-state index contributed by atoms with van der Waals surface area (Å²) in [6, 6.07) is 0. The van der Waals surface area contributed by atoms with Crippen molar-refractivity contribution in [3.63, 3.8) is 0 Å². The van der Waals surface area contributed by atoms with Crippen LogP contribution < -0.4 is 5.32 Å². The first-order chi connectivity index (χ1) is 9.57. The molecule has 1 unspecified atom stereocenters. The van der Waals surface area contributed by atoms with E-state index < -0.39 is 12.1 Å². The topological polar surface area (TPSA) is 86.6 Å². The van der Waals surface area contributed by atoms with E-state index in [0.29, 0.717) is 6.42 Å². The molecule has 5 heteroatoms. The van der Waals surface area contributed by atoms with Crippen LogP contribution in [0.2, 0.25) is 0 Å². The Kier molecular flexibility index (Phi) is 12.2. The number of carboxylic acid groups (broad SMARTS) is 1. The standard InChI is InChI=1S/C15H29NO4/c1-2-3-4-5-6-7-8-9-10-11-14(18)16-12-13(17)15(19)20/h13,17H,2-12H2,1H3,(H,16,18)(H,19,20). The van der Waals surface area contributed by atoms with E-state index in [1.54, 1.807) is 0 Å². The normalized spacial score (nSPS) is 12.1. The molecule has 3 N–H and O–H groups in total. The Morgan fingerprint density at radius 3 is 1.95 bits per heavy atom. The zero-order valence-electron chi connectivity index (χ0n) is 12.6. The number of carbonyl (C=O) groups excluding carboxylic acids is 1. The molecule has 0 bridgehead atoms. The van der Waals surface area contributed by atoms with Gasteiger partial charge in [0.2, 0.25) is 5.91 Å². The van der Waals surface area contributed by atoms with Crippen LogP contribution in [0.1, 0.15) is 71.1 Å². The molecule has 0 fully saturated rings. The summed E-state index contributed by atoms with van der Waals surface area (Å²) in [5.74, 6) is -1.50. The van der Waals surface area contributed by atoms with Crippen molar-refractivity contribution in [1.29, 1.82) is 0 Å². The Morgan fingerprint density at radius 2 is 1.45 bits per heavy atom. The Bertz CT molecular complexity index is 269. The first-order valence-electron chi connectivity index (χ1n) is 7.75. The van der Waals surface area contributed by atoms with Gasteiger partial charge in [0.15, 0.2) is 6.10 Å². The van der Waals surface area contributed by atoms with E-state index in [9.17, 15) is 9.59 Å². The third kappa shape index (κ3) is 12.0. The first-order valence-corrected chi connectivity index (χ1v) is 7.75. The highest BCUT2D eigenvalue weighted by atomic mass is 16.4. The highest BCUT2D eigenvalue weighted by Gasteiger charge is 2.13. The molecule has 0 aliphatic rings. The molecule has 20 heavy (non-hydrogen) atoms. The summed E-state index contributed by atoms with van der Waals surface area (Å²) in [5, 5.41) is 19.9. The van der Waals surface area contributed by atoms with E-state index >= 15 is 0 Å². The smallest absolute Gasteiger partial charge is 0.334 e. The second-order valence-electron chi connectivity index (χ2n) is 5.24. The monoisotopic (exact) mass is 287 g/mol. The maximum atomic E-state index is 11.4. The predicted molar refractivity (Wildman–Crippen MR) is 78.5 cm³/mol. The summed E-state index contributed by atoms with van der Waals surface area (Å²) in [5.41, 5.74) is 0. The fraction of sp³-hybridized carbons (Fsp3) is 0.867. The Morgan fingerprint density at radius 1 is 0.950 bits per heavy atom. The zero-order valence-corrected chi connectivity index (χ0v) is 12.6. The summed E-state index contributed by atoms with van der Waals surface area (Å²) in [6.45, 7) is 1.99. The van der Waals surface area contributed by atoms with E-state index in [4.69, 9.17) is 10.2 Å². The molecule has 0 aromatic heterocycles. The lowest BCUT2D eigenvalue weighted by atomic mass is 10.1.